The maximum absolute atomic E-state index is 12.5. The number of carboxylic acid groups (broad SMARTS) is 1. The Morgan fingerprint density at radius 2 is 1.42 bits per heavy atom. The molecule has 33 heavy (non-hydrogen) atoms. The topological polar surface area (TPSA) is 75.6 Å². The summed E-state index contributed by atoms with van der Waals surface area (Å²) in [5.74, 6) is -1.90. The van der Waals surface area contributed by atoms with E-state index < -0.39 is 18.0 Å². The van der Waals surface area contributed by atoms with Crippen molar-refractivity contribution in [2.45, 2.75) is 11.8 Å². The van der Waals surface area contributed by atoms with E-state index in [4.69, 9.17) is 4.74 Å². The van der Waals surface area contributed by atoms with Crippen LogP contribution in [0.4, 0.5) is 4.79 Å². The van der Waals surface area contributed by atoms with Crippen molar-refractivity contribution in [3.05, 3.63) is 108 Å². The molecule has 0 aromatic heterocycles. The first-order valence-corrected chi connectivity index (χ1v) is 10.9. The van der Waals surface area contributed by atoms with E-state index in [1.807, 2.05) is 60.7 Å². The van der Waals surface area contributed by atoms with Crippen LogP contribution in [0.15, 0.2) is 91.0 Å². The predicted molar refractivity (Wildman–Crippen MR) is 127 cm³/mol. The summed E-state index contributed by atoms with van der Waals surface area (Å²) in [6.07, 6.45) is -0.621. The van der Waals surface area contributed by atoms with Crippen LogP contribution in [0.25, 0.3) is 21.9 Å². The number of hydrogen-bond acceptors (Lipinski definition) is 3. The molecule has 1 amide bonds. The van der Waals surface area contributed by atoms with Crippen LogP contribution >= 0.6 is 0 Å². The minimum absolute atomic E-state index is 0.0427. The van der Waals surface area contributed by atoms with Crippen LogP contribution in [-0.4, -0.2) is 30.3 Å². The van der Waals surface area contributed by atoms with E-state index >= 15 is 0 Å². The largest absolute Gasteiger partial charge is 0.481 e. The summed E-state index contributed by atoms with van der Waals surface area (Å²) >= 11 is 0. The van der Waals surface area contributed by atoms with Crippen molar-refractivity contribution >= 4 is 22.8 Å². The highest BCUT2D eigenvalue weighted by molar-refractivity contribution is 5.86. The number of nitrogens with one attached hydrogen (secondary N) is 1. The summed E-state index contributed by atoms with van der Waals surface area (Å²) in [5.41, 5.74) is 5.21. The van der Waals surface area contributed by atoms with Crippen LogP contribution in [0, 0.1) is 0 Å². The van der Waals surface area contributed by atoms with E-state index in [1.165, 1.54) is 0 Å². The van der Waals surface area contributed by atoms with E-state index in [0.717, 1.165) is 33.0 Å². The number of carbonyl (C=O) groups excluding carboxylic acids is 1. The van der Waals surface area contributed by atoms with Gasteiger partial charge in [-0.25, -0.2) is 4.79 Å². The van der Waals surface area contributed by atoms with Gasteiger partial charge in [-0.15, -0.1) is 0 Å². The predicted octanol–water partition coefficient (Wildman–Crippen LogP) is 5.55. The molecular weight excluding hydrogens is 414 g/mol. The van der Waals surface area contributed by atoms with E-state index in [1.54, 1.807) is 6.07 Å². The summed E-state index contributed by atoms with van der Waals surface area (Å²) in [4.78, 5) is 24.4. The van der Waals surface area contributed by atoms with Crippen LogP contribution in [0.3, 0.4) is 0 Å². The summed E-state index contributed by atoms with van der Waals surface area (Å²) < 4.78 is 5.53. The zero-order valence-electron chi connectivity index (χ0n) is 17.9. The zero-order valence-corrected chi connectivity index (χ0v) is 17.9. The van der Waals surface area contributed by atoms with Crippen molar-refractivity contribution in [2.75, 3.05) is 13.2 Å². The van der Waals surface area contributed by atoms with Crippen LogP contribution < -0.4 is 5.32 Å². The Kier molecular flexibility index (Phi) is 5.53. The highest BCUT2D eigenvalue weighted by Crippen LogP contribution is 2.44. The minimum Gasteiger partial charge on any atom is -0.481 e. The molecule has 0 aliphatic heterocycles. The van der Waals surface area contributed by atoms with Gasteiger partial charge in [0.25, 0.3) is 0 Å². The van der Waals surface area contributed by atoms with Gasteiger partial charge in [0, 0.05) is 12.5 Å². The summed E-state index contributed by atoms with van der Waals surface area (Å²) in [6, 6.07) is 29.6. The van der Waals surface area contributed by atoms with Gasteiger partial charge in [-0.2, -0.15) is 0 Å². The van der Waals surface area contributed by atoms with Crippen LogP contribution in [0.5, 0.6) is 0 Å². The maximum Gasteiger partial charge on any atom is 0.407 e. The van der Waals surface area contributed by atoms with Gasteiger partial charge in [0.1, 0.15) is 6.61 Å². The third-order valence-corrected chi connectivity index (χ3v) is 6.27. The average Bonchev–Trinajstić information content (AvgIpc) is 3.16. The molecule has 4 aromatic carbocycles. The highest BCUT2D eigenvalue weighted by atomic mass is 16.5. The Labute approximate surface area is 191 Å². The van der Waals surface area contributed by atoms with Crippen molar-refractivity contribution in [1.82, 2.24) is 5.32 Å². The highest BCUT2D eigenvalue weighted by Gasteiger charge is 2.29. The number of aliphatic carboxylic acids is 1. The van der Waals surface area contributed by atoms with Crippen molar-refractivity contribution < 1.29 is 19.4 Å². The Bertz CT molecular complexity index is 1300. The number of carboxylic acids is 1. The molecule has 0 radical (unpaired) electrons. The lowest BCUT2D eigenvalue weighted by Gasteiger charge is -2.17. The zero-order chi connectivity index (χ0) is 22.8. The Balaban J connectivity index is 1.26. The van der Waals surface area contributed by atoms with Gasteiger partial charge in [0.15, 0.2) is 0 Å². The quantitative estimate of drug-likeness (QED) is 0.415. The first-order valence-electron chi connectivity index (χ1n) is 10.9. The van der Waals surface area contributed by atoms with Gasteiger partial charge < -0.3 is 15.2 Å². The SMILES string of the molecule is O=C(NC[C@@H](C(=O)O)c1ccc2ccccc2c1)OCC1c2ccccc2-c2ccccc21. The molecule has 1 aliphatic carbocycles. The van der Waals surface area contributed by atoms with Crippen molar-refractivity contribution in [3.63, 3.8) is 0 Å². The molecule has 4 aromatic rings. The number of fused-ring (bicyclic) bond motifs is 4. The lowest BCUT2D eigenvalue weighted by molar-refractivity contribution is -0.138. The lowest BCUT2D eigenvalue weighted by Crippen LogP contribution is -2.32. The average molecular weight is 437 g/mol. The standard InChI is InChI=1S/C28H23NO4/c30-27(31)25(20-14-13-18-7-1-2-8-19(18)15-20)16-29-28(32)33-17-26-23-11-5-3-9-21(23)22-10-4-6-12-24(22)26/h1-15,25-26H,16-17H2,(H,29,32)(H,30,31)/t25-/m1/s1. The second-order valence-corrected chi connectivity index (χ2v) is 8.20. The van der Waals surface area contributed by atoms with E-state index in [2.05, 4.69) is 29.6 Å². The smallest absolute Gasteiger partial charge is 0.407 e. The molecule has 0 spiro atoms. The number of carbonyl (C=O) groups is 2. The van der Waals surface area contributed by atoms with Crippen molar-refractivity contribution in [3.8, 4) is 11.1 Å². The fraction of sp³-hybridized carbons (Fsp3) is 0.143. The molecule has 0 unspecified atom stereocenters. The summed E-state index contributed by atoms with van der Waals surface area (Å²) in [5, 5.41) is 14.4. The van der Waals surface area contributed by atoms with Crippen LogP contribution in [-0.2, 0) is 9.53 Å². The molecule has 1 aliphatic rings. The Morgan fingerprint density at radius 3 is 2.09 bits per heavy atom. The number of rotatable bonds is 6. The Morgan fingerprint density at radius 1 is 0.818 bits per heavy atom. The lowest BCUT2D eigenvalue weighted by atomic mass is 9.96. The molecule has 0 bridgehead atoms. The molecule has 164 valence electrons. The number of amides is 1. The van der Waals surface area contributed by atoms with Crippen LogP contribution in [0.2, 0.25) is 0 Å². The van der Waals surface area contributed by atoms with Gasteiger partial charge in [0.05, 0.1) is 5.92 Å². The second-order valence-electron chi connectivity index (χ2n) is 8.20. The van der Waals surface area contributed by atoms with Crippen molar-refractivity contribution in [1.29, 1.82) is 0 Å². The molecule has 5 rings (SSSR count). The third-order valence-electron chi connectivity index (χ3n) is 6.27. The van der Waals surface area contributed by atoms with Gasteiger partial charge in [-0.1, -0.05) is 91.0 Å². The summed E-state index contributed by atoms with van der Waals surface area (Å²) in [7, 11) is 0. The van der Waals surface area contributed by atoms with Gasteiger partial charge in [0.2, 0.25) is 0 Å². The summed E-state index contributed by atoms with van der Waals surface area (Å²) in [6.45, 7) is 0.137. The molecule has 0 saturated heterocycles. The monoisotopic (exact) mass is 437 g/mol. The number of benzene rings is 4. The normalized spacial score (nSPS) is 13.2. The molecule has 0 fully saturated rings. The van der Waals surface area contributed by atoms with E-state index in [-0.39, 0.29) is 19.1 Å². The first kappa shape index (κ1) is 20.8. The fourth-order valence-corrected chi connectivity index (χ4v) is 4.61. The number of ether oxygens (including phenoxy) is 1. The molecular formula is C28H23NO4. The van der Waals surface area contributed by atoms with Gasteiger partial charge in [-0.05, 0) is 38.6 Å². The first-order chi connectivity index (χ1) is 16.1. The molecule has 5 nitrogen and oxygen atoms in total. The fourth-order valence-electron chi connectivity index (χ4n) is 4.61. The third kappa shape index (κ3) is 4.05. The van der Waals surface area contributed by atoms with Gasteiger partial charge in [-0.3, -0.25) is 4.79 Å². The number of hydrogen-bond donors (Lipinski definition) is 2. The van der Waals surface area contributed by atoms with E-state index in [0.29, 0.717) is 5.56 Å². The maximum atomic E-state index is 12.5. The Hall–Kier alpha value is -4.12. The number of alkyl carbamates (subject to hydrolysis) is 1. The van der Waals surface area contributed by atoms with Gasteiger partial charge >= 0.3 is 12.1 Å². The second kappa shape index (κ2) is 8.79. The molecule has 5 heteroatoms. The molecule has 1 atom stereocenters. The van der Waals surface area contributed by atoms with Crippen LogP contribution in [0.1, 0.15) is 28.5 Å². The molecule has 0 heterocycles. The van der Waals surface area contributed by atoms with Crippen molar-refractivity contribution in [2.24, 2.45) is 0 Å². The van der Waals surface area contributed by atoms with E-state index in [9.17, 15) is 14.7 Å². The molecule has 2 N–H and O–H groups in total. The minimum atomic E-state index is -0.996. The molecule has 0 saturated carbocycles.